The van der Waals surface area contributed by atoms with Crippen molar-refractivity contribution in [2.45, 2.75) is 38.8 Å². The first kappa shape index (κ1) is 9.53. The Bertz CT molecular complexity index is 212. The monoisotopic (exact) mass is 170 g/mol. The van der Waals surface area contributed by atoms with Gasteiger partial charge in [0.1, 0.15) is 12.2 Å². The largest absolute Gasteiger partial charge is 0.378 e. The van der Waals surface area contributed by atoms with Gasteiger partial charge < -0.3 is 14.6 Å². The zero-order valence-electron chi connectivity index (χ0n) is 7.63. The molecular formula is C9H14O3. The van der Waals surface area contributed by atoms with E-state index in [1.54, 1.807) is 6.92 Å². The molecule has 0 aliphatic carbocycles. The van der Waals surface area contributed by atoms with Crippen LogP contribution in [0.25, 0.3) is 0 Å². The maximum Gasteiger partial charge on any atom is 0.163 e. The van der Waals surface area contributed by atoms with Gasteiger partial charge in [0.25, 0.3) is 0 Å². The Labute approximate surface area is 72.7 Å². The first-order chi connectivity index (χ1) is 5.55. The zero-order valence-corrected chi connectivity index (χ0v) is 7.63. The molecule has 0 amide bonds. The van der Waals surface area contributed by atoms with Gasteiger partial charge in [-0.05, 0) is 20.8 Å². The Morgan fingerprint density at radius 1 is 1.58 bits per heavy atom. The molecule has 12 heavy (non-hydrogen) atoms. The quantitative estimate of drug-likeness (QED) is 0.583. The van der Waals surface area contributed by atoms with Gasteiger partial charge in [0.2, 0.25) is 0 Å². The van der Waals surface area contributed by atoms with Crippen molar-refractivity contribution in [2.24, 2.45) is 0 Å². The molecule has 1 fully saturated rings. The highest BCUT2D eigenvalue weighted by Crippen LogP contribution is 2.23. The second kappa shape index (κ2) is 3.44. The summed E-state index contributed by atoms with van der Waals surface area (Å²) in [5, 5.41) is 9.40. The number of hydrogen-bond acceptors (Lipinski definition) is 3. The lowest BCUT2D eigenvalue weighted by Crippen LogP contribution is -2.29. The summed E-state index contributed by atoms with van der Waals surface area (Å²) in [7, 11) is 0. The number of rotatable bonds is 1. The molecule has 1 heterocycles. The molecule has 2 atom stereocenters. The molecule has 0 aromatic rings. The van der Waals surface area contributed by atoms with Gasteiger partial charge in [-0.3, -0.25) is 0 Å². The second-order valence-corrected chi connectivity index (χ2v) is 3.21. The molecule has 0 bridgehead atoms. The van der Waals surface area contributed by atoms with Crippen LogP contribution in [0.2, 0.25) is 0 Å². The molecular weight excluding hydrogens is 156 g/mol. The summed E-state index contributed by atoms with van der Waals surface area (Å²) >= 11 is 0. The van der Waals surface area contributed by atoms with E-state index in [-0.39, 0.29) is 6.10 Å². The van der Waals surface area contributed by atoms with E-state index in [0.717, 1.165) is 0 Å². The van der Waals surface area contributed by atoms with Crippen molar-refractivity contribution >= 4 is 0 Å². The Kier molecular flexibility index (Phi) is 2.73. The summed E-state index contributed by atoms with van der Waals surface area (Å²) in [4.78, 5) is 0. The first-order valence-electron chi connectivity index (χ1n) is 3.97. The van der Waals surface area contributed by atoms with Crippen molar-refractivity contribution in [3.63, 3.8) is 0 Å². The van der Waals surface area contributed by atoms with Crippen LogP contribution in [0.3, 0.4) is 0 Å². The summed E-state index contributed by atoms with van der Waals surface area (Å²) < 4.78 is 10.7. The number of ether oxygens (including phenoxy) is 2. The van der Waals surface area contributed by atoms with Gasteiger partial charge in [-0.15, -0.1) is 5.92 Å². The van der Waals surface area contributed by atoms with E-state index in [1.807, 2.05) is 13.8 Å². The summed E-state index contributed by atoms with van der Waals surface area (Å²) in [6.07, 6.45) is -1.05. The topological polar surface area (TPSA) is 38.7 Å². The van der Waals surface area contributed by atoms with E-state index in [2.05, 4.69) is 11.8 Å². The highest BCUT2D eigenvalue weighted by molar-refractivity contribution is 5.05. The molecule has 1 aliphatic rings. The highest BCUT2D eigenvalue weighted by Gasteiger charge is 2.35. The lowest BCUT2D eigenvalue weighted by atomic mass is 10.2. The van der Waals surface area contributed by atoms with Crippen molar-refractivity contribution in [2.75, 3.05) is 6.61 Å². The third-order valence-electron chi connectivity index (χ3n) is 1.67. The van der Waals surface area contributed by atoms with Crippen LogP contribution in [0.5, 0.6) is 0 Å². The Morgan fingerprint density at radius 3 is 2.67 bits per heavy atom. The van der Waals surface area contributed by atoms with E-state index >= 15 is 0 Å². The van der Waals surface area contributed by atoms with Crippen molar-refractivity contribution in [3.8, 4) is 11.8 Å². The van der Waals surface area contributed by atoms with Crippen LogP contribution in [0, 0.1) is 11.8 Å². The number of hydrogen-bond donors (Lipinski definition) is 1. The summed E-state index contributed by atoms with van der Waals surface area (Å²) in [6, 6.07) is 0. The molecule has 1 N–H and O–H groups in total. The van der Waals surface area contributed by atoms with E-state index in [0.29, 0.717) is 6.61 Å². The summed E-state index contributed by atoms with van der Waals surface area (Å²) in [5.41, 5.74) is 0. The van der Waals surface area contributed by atoms with Crippen LogP contribution in [-0.2, 0) is 9.47 Å². The van der Waals surface area contributed by atoms with Crippen LogP contribution >= 0.6 is 0 Å². The lowest BCUT2D eigenvalue weighted by Gasteiger charge is -2.17. The van der Waals surface area contributed by atoms with Crippen LogP contribution < -0.4 is 0 Å². The fourth-order valence-electron chi connectivity index (χ4n) is 1.11. The van der Waals surface area contributed by atoms with Crippen LogP contribution in [-0.4, -0.2) is 29.7 Å². The molecule has 3 nitrogen and oxygen atoms in total. The maximum atomic E-state index is 9.40. The number of aliphatic hydroxyl groups is 1. The molecule has 1 rings (SSSR count). The van der Waals surface area contributed by atoms with Gasteiger partial charge in [-0.2, -0.15) is 0 Å². The number of aliphatic hydroxyl groups excluding tert-OH is 1. The third kappa shape index (κ3) is 2.21. The minimum atomic E-state index is -0.739. The standard InChI is InChI=1S/C9H14O3/c1-4-5-7(10)8-6-11-9(2,3)12-8/h7-8,10H,6H2,1-3H3/t7?,8-/m0/s1. The normalized spacial score (nSPS) is 29.2. The average Bonchev–Trinajstić information content (AvgIpc) is 2.31. The Balaban J connectivity index is 2.50. The molecule has 0 saturated carbocycles. The van der Waals surface area contributed by atoms with Gasteiger partial charge in [0.15, 0.2) is 5.79 Å². The summed E-state index contributed by atoms with van der Waals surface area (Å²) in [5.74, 6) is 4.68. The molecule has 0 radical (unpaired) electrons. The van der Waals surface area contributed by atoms with Crippen LogP contribution in [0.1, 0.15) is 20.8 Å². The SMILES string of the molecule is CC#CC(O)[C@@H]1COC(C)(C)O1. The molecule has 3 heteroatoms. The van der Waals surface area contributed by atoms with Crippen molar-refractivity contribution < 1.29 is 14.6 Å². The van der Waals surface area contributed by atoms with Gasteiger partial charge >= 0.3 is 0 Å². The fraction of sp³-hybridized carbons (Fsp3) is 0.778. The van der Waals surface area contributed by atoms with Gasteiger partial charge in [-0.1, -0.05) is 5.92 Å². The van der Waals surface area contributed by atoms with Gasteiger partial charge in [0.05, 0.1) is 6.61 Å². The molecule has 0 spiro atoms. The van der Waals surface area contributed by atoms with Crippen LogP contribution in [0.15, 0.2) is 0 Å². The van der Waals surface area contributed by atoms with Crippen molar-refractivity contribution in [1.82, 2.24) is 0 Å². The predicted octanol–water partition coefficient (Wildman–Crippen LogP) is 0.522. The minimum Gasteiger partial charge on any atom is -0.378 e. The molecule has 1 saturated heterocycles. The smallest absolute Gasteiger partial charge is 0.163 e. The maximum absolute atomic E-state index is 9.40. The van der Waals surface area contributed by atoms with E-state index < -0.39 is 11.9 Å². The molecule has 1 unspecified atom stereocenters. The van der Waals surface area contributed by atoms with E-state index in [9.17, 15) is 5.11 Å². The third-order valence-corrected chi connectivity index (χ3v) is 1.67. The Hall–Kier alpha value is -0.560. The zero-order chi connectivity index (χ0) is 9.19. The molecule has 0 aromatic heterocycles. The molecule has 0 aromatic carbocycles. The fourth-order valence-corrected chi connectivity index (χ4v) is 1.11. The Morgan fingerprint density at radius 2 is 2.25 bits per heavy atom. The second-order valence-electron chi connectivity index (χ2n) is 3.21. The minimum absolute atomic E-state index is 0.313. The molecule has 1 aliphatic heterocycles. The average molecular weight is 170 g/mol. The van der Waals surface area contributed by atoms with Crippen LogP contribution in [0.4, 0.5) is 0 Å². The molecule has 68 valence electrons. The van der Waals surface area contributed by atoms with E-state index in [4.69, 9.17) is 9.47 Å². The van der Waals surface area contributed by atoms with Gasteiger partial charge in [-0.25, -0.2) is 0 Å². The van der Waals surface area contributed by atoms with Crippen molar-refractivity contribution in [1.29, 1.82) is 0 Å². The summed E-state index contributed by atoms with van der Waals surface area (Å²) in [6.45, 7) is 5.73. The highest BCUT2D eigenvalue weighted by atomic mass is 16.7. The predicted molar refractivity (Wildman–Crippen MR) is 44.4 cm³/mol. The van der Waals surface area contributed by atoms with E-state index in [1.165, 1.54) is 0 Å². The van der Waals surface area contributed by atoms with Gasteiger partial charge in [0, 0.05) is 0 Å². The lowest BCUT2D eigenvalue weighted by molar-refractivity contribution is -0.146. The van der Waals surface area contributed by atoms with Crippen molar-refractivity contribution in [3.05, 3.63) is 0 Å². The first-order valence-corrected chi connectivity index (χ1v) is 3.97.